The summed E-state index contributed by atoms with van der Waals surface area (Å²) in [6.45, 7) is 0. The van der Waals surface area contributed by atoms with Gasteiger partial charge in [-0.1, -0.05) is 18.2 Å². The molecule has 0 spiro atoms. The molecule has 0 fully saturated rings. The summed E-state index contributed by atoms with van der Waals surface area (Å²) in [7, 11) is -3.50. The number of hydrogen-bond acceptors (Lipinski definition) is 5. The molecule has 7 heteroatoms. The molecule has 0 saturated heterocycles. The number of aromatic hydroxyl groups is 1. The molecule has 2 aromatic rings. The van der Waals surface area contributed by atoms with Gasteiger partial charge in [0, 0.05) is 11.8 Å². The van der Waals surface area contributed by atoms with Crippen LogP contribution in [0.25, 0.3) is 11.3 Å². The van der Waals surface area contributed by atoms with Gasteiger partial charge >= 0.3 is 5.97 Å². The van der Waals surface area contributed by atoms with E-state index in [4.69, 9.17) is 5.11 Å². The number of phenols is 1. The van der Waals surface area contributed by atoms with E-state index in [1.54, 1.807) is 0 Å². The fourth-order valence-electron chi connectivity index (χ4n) is 1.75. The molecule has 2 N–H and O–H groups in total. The van der Waals surface area contributed by atoms with E-state index < -0.39 is 21.6 Å². The van der Waals surface area contributed by atoms with Crippen molar-refractivity contribution < 1.29 is 23.4 Å². The maximum Gasteiger partial charge on any atom is 0.340 e. The summed E-state index contributed by atoms with van der Waals surface area (Å²) in [6, 6.07) is 8.43. The second kappa shape index (κ2) is 4.93. The van der Waals surface area contributed by atoms with Gasteiger partial charge in [-0.3, -0.25) is 0 Å². The zero-order valence-corrected chi connectivity index (χ0v) is 11.3. The van der Waals surface area contributed by atoms with Crippen LogP contribution in [0.1, 0.15) is 10.4 Å². The molecular formula is C13H11NO5S. The third kappa shape index (κ3) is 2.62. The quantitative estimate of drug-likeness (QED) is 0.889. The first-order chi connectivity index (χ1) is 9.30. The third-order valence-corrected chi connectivity index (χ3v) is 3.62. The van der Waals surface area contributed by atoms with Gasteiger partial charge in [-0.15, -0.1) is 0 Å². The lowest BCUT2D eigenvalue weighted by Gasteiger charge is -2.08. The molecule has 1 aromatic carbocycles. The van der Waals surface area contributed by atoms with E-state index in [-0.39, 0.29) is 21.8 Å². The van der Waals surface area contributed by atoms with Crippen LogP contribution in [0.5, 0.6) is 5.75 Å². The van der Waals surface area contributed by atoms with E-state index in [0.717, 1.165) is 6.26 Å². The molecule has 0 atom stereocenters. The molecule has 0 unspecified atom stereocenters. The number of aromatic carboxylic acids is 1. The largest absolute Gasteiger partial charge is 0.507 e. The Labute approximate surface area is 115 Å². The predicted molar refractivity (Wildman–Crippen MR) is 71.4 cm³/mol. The van der Waals surface area contributed by atoms with Gasteiger partial charge in [-0.05, 0) is 18.2 Å². The summed E-state index contributed by atoms with van der Waals surface area (Å²) in [4.78, 5) is 15.1. The van der Waals surface area contributed by atoms with Gasteiger partial charge in [0.05, 0.1) is 5.69 Å². The highest BCUT2D eigenvalue weighted by Gasteiger charge is 2.18. The normalized spacial score (nSPS) is 11.2. The Morgan fingerprint density at radius 3 is 2.40 bits per heavy atom. The molecule has 6 nitrogen and oxygen atoms in total. The first kappa shape index (κ1) is 14.0. The number of sulfone groups is 1. The van der Waals surface area contributed by atoms with E-state index in [1.807, 2.05) is 0 Å². The predicted octanol–water partition coefficient (Wildman–Crippen LogP) is 1.56. The molecule has 0 bridgehead atoms. The molecule has 104 valence electrons. The Balaban J connectivity index is 2.70. The van der Waals surface area contributed by atoms with E-state index in [9.17, 15) is 18.3 Å². The summed E-state index contributed by atoms with van der Waals surface area (Å²) in [5.74, 6) is -1.72. The summed E-state index contributed by atoms with van der Waals surface area (Å²) in [5.41, 5.74) is 0.00914. The van der Waals surface area contributed by atoms with Crippen molar-refractivity contribution in [2.24, 2.45) is 0 Å². The fraction of sp³-hybridized carbons (Fsp3) is 0.0769. The van der Waals surface area contributed by atoms with Crippen molar-refractivity contribution in [2.75, 3.05) is 6.26 Å². The van der Waals surface area contributed by atoms with Gasteiger partial charge in [0.25, 0.3) is 0 Å². The molecule has 0 radical (unpaired) electrons. The number of carboxylic acids is 1. The van der Waals surface area contributed by atoms with Crippen molar-refractivity contribution >= 4 is 15.8 Å². The molecule has 0 aliphatic carbocycles. The Kier molecular flexibility index (Phi) is 3.46. The first-order valence-electron chi connectivity index (χ1n) is 5.53. The van der Waals surface area contributed by atoms with Crippen molar-refractivity contribution in [3.8, 4) is 17.0 Å². The molecule has 2 rings (SSSR count). The monoisotopic (exact) mass is 293 g/mol. The van der Waals surface area contributed by atoms with Gasteiger partial charge in [0.1, 0.15) is 11.3 Å². The number of aromatic nitrogens is 1. The van der Waals surface area contributed by atoms with Gasteiger partial charge in [0.15, 0.2) is 14.9 Å². The zero-order chi connectivity index (χ0) is 14.9. The van der Waals surface area contributed by atoms with Crippen LogP contribution in [0.15, 0.2) is 41.4 Å². The number of carbonyl (C=O) groups is 1. The van der Waals surface area contributed by atoms with Crippen LogP contribution in [-0.2, 0) is 9.84 Å². The lowest BCUT2D eigenvalue weighted by atomic mass is 10.0. The van der Waals surface area contributed by atoms with Crippen molar-refractivity contribution in [1.82, 2.24) is 4.98 Å². The van der Waals surface area contributed by atoms with Gasteiger partial charge < -0.3 is 10.2 Å². The average Bonchev–Trinajstić information content (AvgIpc) is 2.37. The highest BCUT2D eigenvalue weighted by Crippen LogP contribution is 2.29. The van der Waals surface area contributed by atoms with E-state index >= 15 is 0 Å². The summed E-state index contributed by atoms with van der Waals surface area (Å²) in [6.07, 6.45) is 1.01. The van der Waals surface area contributed by atoms with Crippen LogP contribution in [0.2, 0.25) is 0 Å². The second-order valence-electron chi connectivity index (χ2n) is 4.14. The molecular weight excluding hydrogens is 282 g/mol. The SMILES string of the molecule is CS(=O)(=O)c1cccc(-c2cccc(O)c2C(=O)O)n1. The Hall–Kier alpha value is -2.41. The zero-order valence-electron chi connectivity index (χ0n) is 10.4. The number of carboxylic acid groups (broad SMARTS) is 1. The van der Waals surface area contributed by atoms with Gasteiger partial charge in [-0.25, -0.2) is 18.2 Å². The fourth-order valence-corrected chi connectivity index (χ4v) is 2.34. The van der Waals surface area contributed by atoms with Crippen LogP contribution in [0, 0.1) is 0 Å². The Bertz CT molecular complexity index is 783. The van der Waals surface area contributed by atoms with Gasteiger partial charge in [0.2, 0.25) is 0 Å². The molecule has 0 saturated carbocycles. The smallest absolute Gasteiger partial charge is 0.340 e. The maximum absolute atomic E-state index is 11.5. The van der Waals surface area contributed by atoms with Crippen molar-refractivity contribution in [3.63, 3.8) is 0 Å². The van der Waals surface area contributed by atoms with Crippen molar-refractivity contribution in [3.05, 3.63) is 42.0 Å². The maximum atomic E-state index is 11.5. The third-order valence-electron chi connectivity index (χ3n) is 2.64. The number of pyridine rings is 1. The lowest BCUT2D eigenvalue weighted by molar-refractivity contribution is 0.0694. The summed E-state index contributed by atoms with van der Waals surface area (Å²) >= 11 is 0. The minimum absolute atomic E-state index is 0.156. The highest BCUT2D eigenvalue weighted by atomic mass is 32.2. The van der Waals surface area contributed by atoms with Crippen molar-refractivity contribution in [2.45, 2.75) is 5.03 Å². The highest BCUT2D eigenvalue weighted by molar-refractivity contribution is 7.90. The summed E-state index contributed by atoms with van der Waals surface area (Å²) < 4.78 is 22.9. The minimum atomic E-state index is -3.50. The lowest BCUT2D eigenvalue weighted by Crippen LogP contribution is -2.04. The van der Waals surface area contributed by atoms with Crippen LogP contribution in [-0.4, -0.2) is 35.8 Å². The average molecular weight is 293 g/mol. The second-order valence-corrected chi connectivity index (χ2v) is 6.10. The Morgan fingerprint density at radius 1 is 1.15 bits per heavy atom. The minimum Gasteiger partial charge on any atom is -0.507 e. The number of benzene rings is 1. The van der Waals surface area contributed by atoms with E-state index in [1.165, 1.54) is 36.4 Å². The molecule has 1 heterocycles. The first-order valence-corrected chi connectivity index (χ1v) is 7.42. The Morgan fingerprint density at radius 2 is 1.80 bits per heavy atom. The standard InChI is InChI=1S/C13H11NO5S/c1-20(18,19)11-7-3-5-9(14-11)8-4-2-6-10(15)12(8)13(16)17/h2-7,15H,1H3,(H,16,17). The molecule has 0 aliphatic heterocycles. The molecule has 1 aromatic heterocycles. The van der Waals surface area contributed by atoms with E-state index in [2.05, 4.69) is 4.98 Å². The van der Waals surface area contributed by atoms with Crippen LogP contribution >= 0.6 is 0 Å². The van der Waals surface area contributed by atoms with Crippen molar-refractivity contribution in [1.29, 1.82) is 0 Å². The number of nitrogens with zero attached hydrogens (tertiary/aromatic N) is 1. The molecule has 20 heavy (non-hydrogen) atoms. The molecule has 0 aliphatic rings. The van der Waals surface area contributed by atoms with Crippen LogP contribution in [0.4, 0.5) is 0 Å². The van der Waals surface area contributed by atoms with Crippen LogP contribution < -0.4 is 0 Å². The molecule has 0 amide bonds. The number of rotatable bonds is 3. The number of hydrogen-bond donors (Lipinski definition) is 2. The van der Waals surface area contributed by atoms with E-state index in [0.29, 0.717) is 0 Å². The van der Waals surface area contributed by atoms with Crippen LogP contribution in [0.3, 0.4) is 0 Å². The topological polar surface area (TPSA) is 105 Å². The summed E-state index contributed by atoms with van der Waals surface area (Å²) in [5, 5.41) is 18.6. The van der Waals surface area contributed by atoms with Gasteiger partial charge in [-0.2, -0.15) is 0 Å².